The second-order valence-corrected chi connectivity index (χ2v) is 9.14. The van der Waals surface area contributed by atoms with Gasteiger partial charge in [-0.3, -0.25) is 0 Å². The van der Waals surface area contributed by atoms with Gasteiger partial charge >= 0.3 is 0 Å². The SMILES string of the molecule is CCc1ccc2nc(N(CCNC3CCCCC3)c3ccc(OC)c(OC)c3)sc2c1. The smallest absolute Gasteiger partial charge is 0.191 e. The van der Waals surface area contributed by atoms with Crippen molar-refractivity contribution in [1.29, 1.82) is 0 Å². The number of aryl methyl sites for hydroxylation is 1. The molecule has 0 bridgehead atoms. The van der Waals surface area contributed by atoms with Crippen molar-refractivity contribution in [3.8, 4) is 11.5 Å². The lowest BCUT2D eigenvalue weighted by molar-refractivity contribution is 0.355. The van der Waals surface area contributed by atoms with E-state index in [0.717, 1.165) is 47.3 Å². The molecule has 0 atom stereocenters. The van der Waals surface area contributed by atoms with Crippen molar-refractivity contribution in [2.24, 2.45) is 0 Å². The highest BCUT2D eigenvalue weighted by Crippen LogP contribution is 2.37. The Labute approximate surface area is 189 Å². The van der Waals surface area contributed by atoms with E-state index in [9.17, 15) is 0 Å². The maximum absolute atomic E-state index is 5.57. The van der Waals surface area contributed by atoms with E-state index in [1.165, 1.54) is 42.4 Å². The van der Waals surface area contributed by atoms with Gasteiger partial charge in [-0.05, 0) is 49.1 Å². The first-order valence-corrected chi connectivity index (χ1v) is 12.2. The zero-order chi connectivity index (χ0) is 21.6. The third kappa shape index (κ3) is 5.13. The zero-order valence-corrected chi connectivity index (χ0v) is 19.6. The number of aromatic nitrogens is 1. The molecular formula is C25H33N3O2S. The van der Waals surface area contributed by atoms with Crippen LogP contribution in [-0.4, -0.2) is 38.3 Å². The largest absolute Gasteiger partial charge is 0.493 e. The summed E-state index contributed by atoms with van der Waals surface area (Å²) in [5.74, 6) is 1.48. The van der Waals surface area contributed by atoms with E-state index in [2.05, 4.69) is 41.4 Å². The number of benzene rings is 2. The molecule has 1 aliphatic rings. The quantitative estimate of drug-likeness (QED) is 0.447. The van der Waals surface area contributed by atoms with E-state index < -0.39 is 0 Å². The minimum atomic E-state index is 0.642. The Balaban J connectivity index is 1.61. The average molecular weight is 440 g/mol. The van der Waals surface area contributed by atoms with Gasteiger partial charge in [0.2, 0.25) is 0 Å². The molecular weight excluding hydrogens is 406 g/mol. The molecule has 5 nitrogen and oxygen atoms in total. The molecule has 0 aliphatic heterocycles. The summed E-state index contributed by atoms with van der Waals surface area (Å²) >= 11 is 1.75. The van der Waals surface area contributed by atoms with Crippen LogP contribution < -0.4 is 19.7 Å². The van der Waals surface area contributed by atoms with Crippen LogP contribution in [0.5, 0.6) is 11.5 Å². The molecule has 1 saturated carbocycles. The Bertz CT molecular complexity index is 998. The molecule has 1 heterocycles. The van der Waals surface area contributed by atoms with Crippen molar-refractivity contribution >= 4 is 32.4 Å². The third-order valence-electron chi connectivity index (χ3n) is 6.13. The molecule has 1 aliphatic carbocycles. The summed E-state index contributed by atoms with van der Waals surface area (Å²) in [6, 6.07) is 13.3. The third-order valence-corrected chi connectivity index (χ3v) is 7.17. The Kier molecular flexibility index (Phi) is 7.30. The predicted molar refractivity (Wildman–Crippen MR) is 130 cm³/mol. The van der Waals surface area contributed by atoms with Crippen LogP contribution in [0.4, 0.5) is 10.8 Å². The molecule has 0 radical (unpaired) electrons. The monoisotopic (exact) mass is 439 g/mol. The molecule has 2 aromatic carbocycles. The number of hydrogen-bond acceptors (Lipinski definition) is 6. The number of hydrogen-bond donors (Lipinski definition) is 1. The number of anilines is 2. The summed E-state index contributed by atoms with van der Waals surface area (Å²) in [6.45, 7) is 3.97. The van der Waals surface area contributed by atoms with Crippen molar-refractivity contribution in [3.63, 3.8) is 0 Å². The number of thiazole rings is 1. The molecule has 0 spiro atoms. The van der Waals surface area contributed by atoms with Gasteiger partial charge in [0.25, 0.3) is 0 Å². The maximum Gasteiger partial charge on any atom is 0.191 e. The first-order chi connectivity index (χ1) is 15.2. The molecule has 31 heavy (non-hydrogen) atoms. The van der Waals surface area contributed by atoms with Crippen LogP contribution in [0.25, 0.3) is 10.2 Å². The summed E-state index contributed by atoms with van der Waals surface area (Å²) in [4.78, 5) is 7.27. The van der Waals surface area contributed by atoms with Gasteiger partial charge in [-0.25, -0.2) is 4.98 Å². The lowest BCUT2D eigenvalue weighted by atomic mass is 9.95. The molecule has 1 aromatic heterocycles. The lowest BCUT2D eigenvalue weighted by Crippen LogP contribution is -2.36. The number of ether oxygens (including phenoxy) is 2. The van der Waals surface area contributed by atoms with Crippen molar-refractivity contribution in [3.05, 3.63) is 42.0 Å². The predicted octanol–water partition coefficient (Wildman–Crippen LogP) is 5.94. The van der Waals surface area contributed by atoms with E-state index in [4.69, 9.17) is 14.5 Å². The van der Waals surface area contributed by atoms with Crippen LogP contribution in [0.15, 0.2) is 36.4 Å². The Morgan fingerprint density at radius 3 is 2.58 bits per heavy atom. The van der Waals surface area contributed by atoms with Gasteiger partial charge < -0.3 is 19.7 Å². The van der Waals surface area contributed by atoms with Crippen LogP contribution in [0.1, 0.15) is 44.6 Å². The fraction of sp³-hybridized carbons (Fsp3) is 0.480. The number of nitrogens with zero attached hydrogens (tertiary/aromatic N) is 2. The summed E-state index contributed by atoms with van der Waals surface area (Å²) in [5.41, 5.74) is 3.47. The first kappa shape index (κ1) is 21.9. The minimum Gasteiger partial charge on any atom is -0.493 e. The molecule has 0 saturated heterocycles. The standard InChI is InChI=1S/C25H33N3O2S/c1-4-18-10-12-21-24(16-18)31-25(27-21)28(15-14-26-19-8-6-5-7-9-19)20-11-13-22(29-2)23(17-20)30-3/h10-13,16-17,19,26H,4-9,14-15H2,1-3H3. The highest BCUT2D eigenvalue weighted by molar-refractivity contribution is 7.22. The van der Waals surface area contributed by atoms with Gasteiger partial charge in [-0.2, -0.15) is 0 Å². The van der Waals surface area contributed by atoms with Crippen LogP contribution in [0.3, 0.4) is 0 Å². The molecule has 4 rings (SSSR count). The van der Waals surface area contributed by atoms with Crippen molar-refractivity contribution in [1.82, 2.24) is 10.3 Å². The normalized spacial score (nSPS) is 14.7. The van der Waals surface area contributed by atoms with Gasteiger partial charge in [-0.15, -0.1) is 0 Å². The van der Waals surface area contributed by atoms with E-state index in [0.29, 0.717) is 6.04 Å². The topological polar surface area (TPSA) is 46.6 Å². The fourth-order valence-corrected chi connectivity index (χ4v) is 5.38. The summed E-state index contributed by atoms with van der Waals surface area (Å²) < 4.78 is 12.2. The molecule has 166 valence electrons. The van der Waals surface area contributed by atoms with Gasteiger partial charge in [0.05, 0.1) is 24.4 Å². The Hall–Kier alpha value is -2.31. The van der Waals surface area contributed by atoms with Crippen molar-refractivity contribution < 1.29 is 9.47 Å². The number of nitrogens with one attached hydrogen (secondary N) is 1. The van der Waals surface area contributed by atoms with Crippen molar-refractivity contribution in [2.45, 2.75) is 51.5 Å². The molecule has 1 fully saturated rings. The average Bonchev–Trinajstić information content (AvgIpc) is 3.25. The molecule has 1 N–H and O–H groups in total. The molecule has 0 unspecified atom stereocenters. The second kappa shape index (κ2) is 10.3. The van der Waals surface area contributed by atoms with E-state index in [1.807, 2.05) is 12.1 Å². The van der Waals surface area contributed by atoms with Crippen molar-refractivity contribution in [2.75, 3.05) is 32.2 Å². The number of rotatable bonds is 9. The van der Waals surface area contributed by atoms with Gasteiger partial charge in [0, 0.05) is 30.9 Å². The van der Waals surface area contributed by atoms with E-state index >= 15 is 0 Å². The van der Waals surface area contributed by atoms with Gasteiger partial charge in [0.1, 0.15) is 0 Å². The van der Waals surface area contributed by atoms with Crippen LogP contribution in [0, 0.1) is 0 Å². The lowest BCUT2D eigenvalue weighted by Gasteiger charge is -2.26. The van der Waals surface area contributed by atoms with Crippen LogP contribution in [0.2, 0.25) is 0 Å². The fourth-order valence-electron chi connectivity index (χ4n) is 4.31. The minimum absolute atomic E-state index is 0.642. The summed E-state index contributed by atoms with van der Waals surface area (Å²) in [5, 5.41) is 4.79. The zero-order valence-electron chi connectivity index (χ0n) is 18.8. The van der Waals surface area contributed by atoms with E-state index in [-0.39, 0.29) is 0 Å². The molecule has 0 amide bonds. The number of methoxy groups -OCH3 is 2. The Morgan fingerprint density at radius 2 is 1.84 bits per heavy atom. The van der Waals surface area contributed by atoms with Crippen LogP contribution >= 0.6 is 11.3 Å². The molecule has 3 aromatic rings. The maximum atomic E-state index is 5.57. The van der Waals surface area contributed by atoms with Gasteiger partial charge in [0.15, 0.2) is 16.6 Å². The number of fused-ring (bicyclic) bond motifs is 1. The summed E-state index contributed by atoms with van der Waals surface area (Å²) in [7, 11) is 3.35. The molecule has 6 heteroatoms. The summed E-state index contributed by atoms with van der Waals surface area (Å²) in [6.07, 6.45) is 7.67. The Morgan fingerprint density at radius 1 is 1.03 bits per heavy atom. The van der Waals surface area contributed by atoms with Gasteiger partial charge in [-0.1, -0.05) is 43.6 Å². The van der Waals surface area contributed by atoms with E-state index in [1.54, 1.807) is 25.6 Å². The highest BCUT2D eigenvalue weighted by Gasteiger charge is 2.18. The van der Waals surface area contributed by atoms with Crippen LogP contribution in [-0.2, 0) is 6.42 Å². The highest BCUT2D eigenvalue weighted by atomic mass is 32.1. The first-order valence-electron chi connectivity index (χ1n) is 11.3. The second-order valence-electron chi connectivity index (χ2n) is 8.13.